The van der Waals surface area contributed by atoms with E-state index in [9.17, 15) is 29.4 Å². The van der Waals surface area contributed by atoms with Gasteiger partial charge in [0.2, 0.25) is 0 Å². The number of phenols is 2. The Balaban J connectivity index is 1.75. The zero-order chi connectivity index (χ0) is 38.2. The van der Waals surface area contributed by atoms with Gasteiger partial charge in [-0.05, 0) is 67.9 Å². The van der Waals surface area contributed by atoms with E-state index in [1.165, 1.54) is 0 Å². The quantitative estimate of drug-likeness (QED) is 0.117. The fraction of sp³-hybridized carbons (Fsp3) is 0.600. The van der Waals surface area contributed by atoms with E-state index in [1.54, 1.807) is 0 Å². The van der Waals surface area contributed by atoms with Gasteiger partial charge in [0.25, 0.3) is 0 Å². The lowest BCUT2D eigenvalue weighted by atomic mass is 9.78. The highest BCUT2D eigenvalue weighted by Gasteiger charge is 2.27. The van der Waals surface area contributed by atoms with Gasteiger partial charge in [-0.3, -0.25) is 19.2 Å². The fourth-order valence-electron chi connectivity index (χ4n) is 5.22. The number of phenolic OH excluding ortho intramolecular Hbond substituents is 2. The molecule has 0 saturated heterocycles. The minimum atomic E-state index is -0.908. The monoisotopic (exact) mass is 696 g/mol. The van der Waals surface area contributed by atoms with Gasteiger partial charge in [-0.25, -0.2) is 0 Å². The lowest BCUT2D eigenvalue weighted by Crippen LogP contribution is -2.42. The van der Waals surface area contributed by atoms with Crippen LogP contribution >= 0.6 is 0 Å². The molecule has 2 amide bonds. The summed E-state index contributed by atoms with van der Waals surface area (Å²) in [5.41, 5.74) is 4.29. The molecule has 4 N–H and O–H groups in total. The van der Waals surface area contributed by atoms with Crippen LogP contribution in [0.2, 0.25) is 0 Å². The molecule has 0 atom stereocenters. The smallest absolute Gasteiger partial charge is 0.309 e. The highest BCUT2D eigenvalue weighted by molar-refractivity contribution is 6.35. The first-order chi connectivity index (χ1) is 22.8. The SMILES string of the molecule is CC(C)(C)c1cc(CCC(=O)OCCNC(=O)C(=O)NCCOC(=O)CCc2cc(C(C)(C)C)cc(C(C)(C)C)c2O)c(O)c(C(C)(C)C)c1. The van der Waals surface area contributed by atoms with E-state index in [1.807, 2.05) is 65.8 Å². The molecule has 0 spiro atoms. The molecule has 10 heteroatoms. The Hall–Kier alpha value is -4.08. The Bertz CT molecular complexity index is 1420. The van der Waals surface area contributed by atoms with Crippen molar-refractivity contribution in [2.45, 2.75) is 130 Å². The molecule has 0 aliphatic heterocycles. The molecule has 2 aromatic rings. The number of nitrogens with one attached hydrogen (secondary N) is 2. The van der Waals surface area contributed by atoms with Crippen molar-refractivity contribution in [1.29, 1.82) is 0 Å². The van der Waals surface area contributed by atoms with Crippen molar-refractivity contribution in [3.05, 3.63) is 57.6 Å². The van der Waals surface area contributed by atoms with E-state index in [4.69, 9.17) is 9.47 Å². The molecule has 50 heavy (non-hydrogen) atoms. The first-order valence-corrected chi connectivity index (χ1v) is 17.4. The number of aromatic hydroxyl groups is 2. The molecular weight excluding hydrogens is 636 g/mol. The summed E-state index contributed by atoms with van der Waals surface area (Å²) in [6, 6.07) is 7.90. The second kappa shape index (κ2) is 16.8. The summed E-state index contributed by atoms with van der Waals surface area (Å²) < 4.78 is 10.4. The highest BCUT2D eigenvalue weighted by atomic mass is 16.5. The van der Waals surface area contributed by atoms with Gasteiger partial charge in [-0.1, -0.05) is 107 Å². The van der Waals surface area contributed by atoms with E-state index in [0.29, 0.717) is 24.0 Å². The van der Waals surface area contributed by atoms with Crippen LogP contribution in [-0.2, 0) is 63.2 Å². The van der Waals surface area contributed by atoms with Gasteiger partial charge >= 0.3 is 23.8 Å². The van der Waals surface area contributed by atoms with Crippen molar-refractivity contribution >= 4 is 23.8 Å². The van der Waals surface area contributed by atoms with Crippen molar-refractivity contribution in [3.63, 3.8) is 0 Å². The molecule has 10 nitrogen and oxygen atoms in total. The van der Waals surface area contributed by atoms with Gasteiger partial charge in [0.15, 0.2) is 0 Å². The van der Waals surface area contributed by atoms with Crippen LogP contribution < -0.4 is 10.6 Å². The van der Waals surface area contributed by atoms with E-state index >= 15 is 0 Å². The van der Waals surface area contributed by atoms with Crippen molar-refractivity contribution in [2.24, 2.45) is 0 Å². The molecule has 0 heterocycles. The van der Waals surface area contributed by atoms with Crippen LogP contribution in [0.5, 0.6) is 11.5 Å². The van der Waals surface area contributed by atoms with E-state index in [-0.39, 0.29) is 72.3 Å². The lowest BCUT2D eigenvalue weighted by molar-refractivity contribution is -0.145. The van der Waals surface area contributed by atoms with Crippen LogP contribution in [0.3, 0.4) is 0 Å². The maximum absolute atomic E-state index is 12.4. The molecule has 278 valence electrons. The van der Waals surface area contributed by atoms with E-state index in [0.717, 1.165) is 22.3 Å². The third-order valence-electron chi connectivity index (χ3n) is 8.43. The Morgan fingerprint density at radius 2 is 0.860 bits per heavy atom. The Labute approximate surface area is 298 Å². The predicted molar refractivity (Wildman–Crippen MR) is 196 cm³/mol. The molecule has 0 radical (unpaired) electrons. The molecule has 0 aliphatic carbocycles. The fourth-order valence-corrected chi connectivity index (χ4v) is 5.22. The highest BCUT2D eigenvalue weighted by Crippen LogP contribution is 2.39. The second-order valence-corrected chi connectivity index (χ2v) is 17.0. The molecule has 0 aliphatic rings. The summed E-state index contributed by atoms with van der Waals surface area (Å²) >= 11 is 0. The summed E-state index contributed by atoms with van der Waals surface area (Å²) in [7, 11) is 0. The third kappa shape index (κ3) is 12.7. The maximum atomic E-state index is 12.4. The van der Waals surface area contributed by atoms with Gasteiger partial charge in [-0.2, -0.15) is 0 Å². The van der Waals surface area contributed by atoms with Crippen LogP contribution in [0.1, 0.15) is 129 Å². The van der Waals surface area contributed by atoms with E-state index < -0.39 is 23.8 Å². The number of carbonyl (C=O) groups is 4. The van der Waals surface area contributed by atoms with Crippen LogP contribution in [-0.4, -0.2) is 60.3 Å². The largest absolute Gasteiger partial charge is 0.507 e. The Morgan fingerprint density at radius 3 is 1.14 bits per heavy atom. The van der Waals surface area contributed by atoms with Crippen LogP contribution in [0, 0.1) is 0 Å². The van der Waals surface area contributed by atoms with Crippen LogP contribution in [0.15, 0.2) is 24.3 Å². The van der Waals surface area contributed by atoms with Gasteiger partial charge in [0, 0.05) is 12.8 Å². The number of rotatable bonds is 12. The minimum Gasteiger partial charge on any atom is -0.507 e. The minimum absolute atomic E-state index is 0.0420. The van der Waals surface area contributed by atoms with Gasteiger partial charge in [0.05, 0.1) is 13.1 Å². The third-order valence-corrected chi connectivity index (χ3v) is 8.43. The number of carbonyl (C=O) groups excluding carboxylic acids is 4. The molecule has 0 unspecified atom stereocenters. The zero-order valence-corrected chi connectivity index (χ0v) is 32.3. The zero-order valence-electron chi connectivity index (χ0n) is 32.3. The van der Waals surface area contributed by atoms with Crippen LogP contribution in [0.4, 0.5) is 0 Å². The standard InChI is InChI=1S/C40H60N2O8/c1-37(2,3)27-21-25(33(45)29(23-27)39(7,8)9)13-15-31(43)49-19-17-41-35(47)36(48)42-18-20-50-32(44)16-14-26-22-28(38(4,5)6)24-30(34(26)46)40(10,11)12/h21-24,45-46H,13-20H2,1-12H3,(H,41,47)(H,42,48). The molecule has 2 aromatic carbocycles. The molecule has 0 saturated carbocycles. The first-order valence-electron chi connectivity index (χ1n) is 17.4. The number of amides is 2. The summed E-state index contributed by atoms with van der Waals surface area (Å²) in [6.07, 6.45) is 0.671. The number of hydrogen-bond donors (Lipinski definition) is 4. The van der Waals surface area contributed by atoms with Gasteiger partial charge in [0.1, 0.15) is 24.7 Å². The lowest BCUT2D eigenvalue weighted by Gasteiger charge is -2.27. The maximum Gasteiger partial charge on any atom is 0.309 e. The topological polar surface area (TPSA) is 151 Å². The van der Waals surface area contributed by atoms with Gasteiger partial charge < -0.3 is 30.3 Å². The summed E-state index contributed by atoms with van der Waals surface area (Å²) in [4.78, 5) is 49.1. The molecule has 0 aromatic heterocycles. The Kier molecular flexibility index (Phi) is 14.1. The summed E-state index contributed by atoms with van der Waals surface area (Å²) in [6.45, 7) is 24.4. The number of aryl methyl sites for hydroxylation is 2. The van der Waals surface area contributed by atoms with Crippen molar-refractivity contribution in [3.8, 4) is 11.5 Å². The van der Waals surface area contributed by atoms with Crippen LogP contribution in [0.25, 0.3) is 0 Å². The predicted octanol–water partition coefficient (Wildman–Crippen LogP) is 6.17. The van der Waals surface area contributed by atoms with E-state index in [2.05, 4.69) is 52.2 Å². The van der Waals surface area contributed by atoms with Crippen molar-refractivity contribution < 1.29 is 38.9 Å². The number of ether oxygens (including phenoxy) is 2. The van der Waals surface area contributed by atoms with Crippen molar-refractivity contribution in [1.82, 2.24) is 10.6 Å². The molecular formula is C40H60N2O8. The molecule has 0 fully saturated rings. The second-order valence-electron chi connectivity index (χ2n) is 17.0. The normalized spacial score (nSPS) is 12.3. The number of esters is 2. The first kappa shape index (κ1) is 42.1. The molecule has 0 bridgehead atoms. The number of benzene rings is 2. The average molecular weight is 697 g/mol. The average Bonchev–Trinajstić information content (AvgIpc) is 2.97. The Morgan fingerprint density at radius 1 is 0.540 bits per heavy atom. The summed E-state index contributed by atoms with van der Waals surface area (Å²) in [5.74, 6) is -2.43. The van der Waals surface area contributed by atoms with Gasteiger partial charge in [-0.15, -0.1) is 0 Å². The number of hydrogen-bond acceptors (Lipinski definition) is 8. The van der Waals surface area contributed by atoms with Crippen molar-refractivity contribution in [2.75, 3.05) is 26.3 Å². The molecule has 2 rings (SSSR count). The summed E-state index contributed by atoms with van der Waals surface area (Å²) in [5, 5.41) is 26.6.